The second kappa shape index (κ2) is 14.8. The Morgan fingerprint density at radius 2 is 2.00 bits per heavy atom. The maximum Gasteiger partial charge on any atom is 0.333 e. The first-order valence-electron chi connectivity index (χ1n) is 12.5. The number of imidazole rings is 1. The zero-order valence-corrected chi connectivity index (χ0v) is 21.6. The molecule has 0 saturated carbocycles. The molecule has 4 radical (unpaired) electrons. The number of esters is 2. The van der Waals surface area contributed by atoms with Gasteiger partial charge in [-0.05, 0) is 13.3 Å². The van der Waals surface area contributed by atoms with E-state index in [4.69, 9.17) is 54.8 Å². The molecule has 0 aromatic carbocycles. The average Bonchev–Trinajstić information content (AvgIpc) is 3.54. The molecule has 37 heavy (non-hydrogen) atoms. The van der Waals surface area contributed by atoms with Crippen LogP contribution in [0.5, 0.6) is 0 Å². The molecule has 3 heterocycles. The van der Waals surface area contributed by atoms with E-state index in [-0.39, 0.29) is 39.6 Å². The highest BCUT2D eigenvalue weighted by Crippen LogP contribution is 2.44. The lowest BCUT2D eigenvalue weighted by Gasteiger charge is -2.24. The van der Waals surface area contributed by atoms with Crippen LogP contribution in [0.25, 0.3) is 0 Å². The summed E-state index contributed by atoms with van der Waals surface area (Å²) >= 11 is 0. The Hall–Kier alpha value is -2.00. The molecule has 15 heteroatoms. The normalized spacial score (nSPS) is 28.4. The van der Waals surface area contributed by atoms with Crippen molar-refractivity contribution in [1.29, 1.82) is 5.26 Å². The van der Waals surface area contributed by atoms with Crippen LogP contribution in [-0.4, -0.2) is 88.4 Å². The lowest BCUT2D eigenvalue weighted by atomic mass is 9.96. The summed E-state index contributed by atoms with van der Waals surface area (Å²) in [4.78, 5) is 24.4. The van der Waals surface area contributed by atoms with Crippen molar-refractivity contribution >= 4 is 36.2 Å². The SMILES string of the molecule is [2H]C[C@H]1O[C@@H]([B])C[C@H]1OP(OCCC#N)OC[C@H]1O[C@@H]([B])C[C@H]1OC(=O)CC(=O)OCCn1cc[n+](C)c1. The molecule has 1 unspecified atom stereocenters. The zero-order chi connectivity index (χ0) is 27.5. The smallest absolute Gasteiger partial charge is 0.333 e. The number of nitriles is 1. The van der Waals surface area contributed by atoms with E-state index in [1.54, 1.807) is 0 Å². The number of aryl methyl sites for hydroxylation is 1. The molecule has 1 aromatic heterocycles. The minimum Gasteiger partial charge on any atom is -0.461 e. The summed E-state index contributed by atoms with van der Waals surface area (Å²) in [6.07, 6.45) is 3.13. The molecule has 0 bridgehead atoms. The maximum absolute atomic E-state index is 12.4. The second-order valence-corrected chi connectivity index (χ2v) is 9.72. The van der Waals surface area contributed by atoms with Crippen LogP contribution in [0, 0.1) is 11.3 Å². The van der Waals surface area contributed by atoms with Gasteiger partial charge in [0.15, 0.2) is 0 Å². The number of carbonyl (C=O) groups is 2. The molecule has 7 atom stereocenters. The van der Waals surface area contributed by atoms with Gasteiger partial charge in [-0.2, -0.15) is 5.26 Å². The molecular formula is C22H31B2N3O9P+. The molecule has 198 valence electrons. The molecule has 0 spiro atoms. The van der Waals surface area contributed by atoms with E-state index in [0.29, 0.717) is 13.0 Å². The number of aromatic nitrogens is 2. The van der Waals surface area contributed by atoms with E-state index in [1.807, 2.05) is 41.0 Å². The van der Waals surface area contributed by atoms with Crippen LogP contribution in [-0.2, 0) is 55.7 Å². The number of nitrogens with zero attached hydrogens (tertiary/aromatic N) is 3. The predicted octanol–water partition coefficient (Wildman–Crippen LogP) is 0.304. The van der Waals surface area contributed by atoms with Crippen molar-refractivity contribution in [2.24, 2.45) is 7.05 Å². The zero-order valence-electron chi connectivity index (χ0n) is 21.7. The molecule has 12 nitrogen and oxygen atoms in total. The Labute approximate surface area is 221 Å². The van der Waals surface area contributed by atoms with E-state index in [2.05, 4.69) is 0 Å². The Kier molecular flexibility index (Phi) is 11.2. The Balaban J connectivity index is 1.45. The van der Waals surface area contributed by atoms with Crippen molar-refractivity contribution in [3.8, 4) is 6.07 Å². The molecule has 3 rings (SSSR count). The number of rotatable bonds is 14. The van der Waals surface area contributed by atoms with Crippen molar-refractivity contribution in [3.63, 3.8) is 0 Å². The van der Waals surface area contributed by atoms with E-state index in [1.165, 1.54) is 0 Å². The van der Waals surface area contributed by atoms with E-state index < -0.39 is 63.4 Å². The van der Waals surface area contributed by atoms with Crippen LogP contribution in [0.3, 0.4) is 0 Å². The molecular weight excluding hydrogens is 503 g/mol. The van der Waals surface area contributed by atoms with Crippen molar-refractivity contribution in [2.45, 2.75) is 75.6 Å². The molecule has 0 amide bonds. The first-order chi connectivity index (χ1) is 18.3. The second-order valence-electron chi connectivity index (χ2n) is 8.54. The molecule has 2 aliphatic heterocycles. The van der Waals surface area contributed by atoms with Gasteiger partial charge in [-0.1, -0.05) is 0 Å². The van der Waals surface area contributed by atoms with Crippen LogP contribution < -0.4 is 4.57 Å². The fourth-order valence-corrected chi connectivity index (χ4v) is 4.81. The summed E-state index contributed by atoms with van der Waals surface area (Å²) in [6, 6.07) is 0.716. The van der Waals surface area contributed by atoms with Gasteiger partial charge in [-0.25, -0.2) is 9.13 Å². The van der Waals surface area contributed by atoms with E-state index >= 15 is 0 Å². The quantitative estimate of drug-likeness (QED) is 0.0819. The van der Waals surface area contributed by atoms with Crippen molar-refractivity contribution < 1.29 is 48.0 Å². The van der Waals surface area contributed by atoms with Crippen LogP contribution in [0.2, 0.25) is 0 Å². The average molecular weight is 535 g/mol. The third-order valence-corrected chi connectivity index (χ3v) is 6.64. The van der Waals surface area contributed by atoms with Gasteiger partial charge >= 0.3 is 20.5 Å². The summed E-state index contributed by atoms with van der Waals surface area (Å²) in [5.74, 6) is -1.47. The fourth-order valence-electron chi connectivity index (χ4n) is 3.67. The lowest BCUT2D eigenvalue weighted by molar-refractivity contribution is -0.671. The monoisotopic (exact) mass is 535 g/mol. The van der Waals surface area contributed by atoms with Crippen LogP contribution in [0.4, 0.5) is 0 Å². The molecule has 2 saturated heterocycles. The number of carbonyl (C=O) groups excluding carboxylic acids is 2. The maximum atomic E-state index is 12.4. The number of hydrogen-bond donors (Lipinski definition) is 0. The third-order valence-electron chi connectivity index (χ3n) is 5.44. The van der Waals surface area contributed by atoms with Gasteiger partial charge in [0.05, 0.1) is 45.0 Å². The highest BCUT2D eigenvalue weighted by Gasteiger charge is 2.38. The fraction of sp³-hybridized carbons (Fsp3) is 0.727. The van der Waals surface area contributed by atoms with Gasteiger partial charge in [-0.15, -0.1) is 0 Å². The van der Waals surface area contributed by atoms with Crippen molar-refractivity contribution in [1.82, 2.24) is 4.57 Å². The van der Waals surface area contributed by atoms with E-state index in [0.717, 1.165) is 0 Å². The molecule has 0 aliphatic carbocycles. The van der Waals surface area contributed by atoms with Crippen LogP contribution in [0.1, 0.15) is 34.0 Å². The van der Waals surface area contributed by atoms with Gasteiger partial charge in [0.25, 0.3) is 0 Å². The first-order valence-corrected chi connectivity index (χ1v) is 12.9. The summed E-state index contributed by atoms with van der Waals surface area (Å²) in [7, 11) is 11.6. The van der Waals surface area contributed by atoms with Crippen molar-refractivity contribution in [2.75, 3.05) is 19.8 Å². The topological polar surface area (TPSA) is 131 Å². The molecule has 0 N–H and O–H groups in total. The summed E-state index contributed by atoms with van der Waals surface area (Å²) in [5.41, 5.74) is 0. The summed E-state index contributed by atoms with van der Waals surface area (Å²) in [5, 5.41) is 8.81. The summed E-state index contributed by atoms with van der Waals surface area (Å²) < 4.78 is 50.2. The number of hydrogen-bond acceptors (Lipinski definition) is 10. The van der Waals surface area contributed by atoms with Gasteiger partial charge in [0, 0.05) is 19.8 Å². The molecule has 1 aromatic rings. The highest BCUT2D eigenvalue weighted by atomic mass is 31.2. The van der Waals surface area contributed by atoms with Crippen LogP contribution >= 0.6 is 8.60 Å². The first kappa shape index (κ1) is 28.0. The van der Waals surface area contributed by atoms with Crippen molar-refractivity contribution in [3.05, 3.63) is 18.7 Å². The third kappa shape index (κ3) is 10.0. The summed E-state index contributed by atoms with van der Waals surface area (Å²) in [6.45, 7) is 0.499. The predicted molar refractivity (Wildman–Crippen MR) is 129 cm³/mol. The van der Waals surface area contributed by atoms with Gasteiger partial charge in [-0.3, -0.25) is 9.59 Å². The Bertz CT molecular complexity index is 955. The van der Waals surface area contributed by atoms with E-state index in [9.17, 15) is 9.59 Å². The number of ether oxygens (including phenoxy) is 4. The standard InChI is InChI=1S/C22H31B2N3O9P/c1-15-16(10-19(23)33-15)36-37(31-8-3-4-25)32-13-18-17(11-20(24)34-18)35-22(29)12-21(28)30-9-7-27-6-5-26(2)14-27/h5-6,14-20H,3,7-13H2,1-2H3/q+1/t15-,16-,17-,18-,19-,20-,37?/m1/s1/i1D. The highest BCUT2D eigenvalue weighted by molar-refractivity contribution is 7.41. The Morgan fingerprint density at radius 1 is 1.22 bits per heavy atom. The molecule has 2 aliphatic rings. The largest absolute Gasteiger partial charge is 0.461 e. The lowest BCUT2D eigenvalue weighted by Crippen LogP contribution is -2.32. The molecule has 2 fully saturated rings. The minimum atomic E-state index is -1.95. The van der Waals surface area contributed by atoms with Gasteiger partial charge in [0.1, 0.15) is 59.9 Å². The van der Waals surface area contributed by atoms with Crippen LogP contribution in [0.15, 0.2) is 18.7 Å². The Morgan fingerprint density at radius 3 is 2.73 bits per heavy atom. The van der Waals surface area contributed by atoms with Gasteiger partial charge < -0.3 is 32.5 Å². The minimum absolute atomic E-state index is 0.0497. The van der Waals surface area contributed by atoms with Gasteiger partial charge in [0.2, 0.25) is 6.33 Å².